The van der Waals surface area contributed by atoms with E-state index in [0.717, 1.165) is 25.7 Å². The number of fused-ring (bicyclic) bond motifs is 1. The van der Waals surface area contributed by atoms with Gasteiger partial charge in [-0.3, -0.25) is 4.79 Å². The van der Waals surface area contributed by atoms with E-state index in [2.05, 4.69) is 5.10 Å². The Bertz CT molecular complexity index is 1260. The van der Waals surface area contributed by atoms with Gasteiger partial charge in [0.15, 0.2) is 6.61 Å². The first-order valence-electron chi connectivity index (χ1n) is 11.6. The maximum absolute atomic E-state index is 13.4. The molecule has 1 aliphatic rings. The summed E-state index contributed by atoms with van der Waals surface area (Å²) in [6.07, 6.45) is 6.66. The number of nitrogens with zero attached hydrogens (tertiary/aromatic N) is 3. The second-order valence-electron chi connectivity index (χ2n) is 8.69. The van der Waals surface area contributed by atoms with Crippen molar-refractivity contribution in [2.24, 2.45) is 5.10 Å². The van der Waals surface area contributed by atoms with Gasteiger partial charge >= 0.3 is 5.97 Å². The molecule has 0 amide bonds. The Morgan fingerprint density at radius 2 is 1.97 bits per heavy atom. The van der Waals surface area contributed by atoms with Crippen molar-refractivity contribution < 1.29 is 14.3 Å². The van der Waals surface area contributed by atoms with Crippen LogP contribution in [0.4, 0.5) is 0 Å². The average molecular weight is 482 g/mol. The highest BCUT2D eigenvalue weighted by molar-refractivity contribution is 6.30. The van der Waals surface area contributed by atoms with Crippen molar-refractivity contribution in [3.05, 3.63) is 69.2 Å². The number of hydrogen-bond donors (Lipinski definition) is 0. The molecule has 1 heterocycles. The average Bonchev–Trinajstić information content (AvgIpc) is 2.83. The third-order valence-electron chi connectivity index (χ3n) is 5.75. The third kappa shape index (κ3) is 5.65. The van der Waals surface area contributed by atoms with Crippen LogP contribution >= 0.6 is 11.6 Å². The van der Waals surface area contributed by atoms with Gasteiger partial charge in [-0.15, -0.1) is 0 Å². The minimum atomic E-state index is -0.470. The zero-order chi connectivity index (χ0) is 24.1. The molecule has 0 saturated heterocycles. The minimum Gasteiger partial charge on any atom is -0.481 e. The number of para-hydroxylation sites is 1. The van der Waals surface area contributed by atoms with E-state index < -0.39 is 5.97 Å². The van der Waals surface area contributed by atoms with E-state index in [1.54, 1.807) is 38.1 Å². The summed E-state index contributed by atoms with van der Waals surface area (Å²) >= 11 is 6.20. The Morgan fingerprint density at radius 3 is 2.74 bits per heavy atom. The topological polar surface area (TPSA) is 82.8 Å². The molecule has 0 bridgehead atoms. The lowest BCUT2D eigenvalue weighted by atomic mass is 9.88. The van der Waals surface area contributed by atoms with Crippen molar-refractivity contribution in [3.63, 3.8) is 0 Å². The lowest BCUT2D eigenvalue weighted by Crippen LogP contribution is -2.25. The minimum absolute atomic E-state index is 0.170. The molecule has 0 unspecified atom stereocenters. The number of carbonyl (C=O) groups excluding carboxylic acids is 1. The summed E-state index contributed by atoms with van der Waals surface area (Å²) in [7, 11) is 0. The highest BCUT2D eigenvalue weighted by Crippen LogP contribution is 2.32. The largest absolute Gasteiger partial charge is 0.481 e. The quantitative estimate of drug-likeness (QED) is 0.337. The molecule has 0 spiro atoms. The molecule has 3 aromatic rings. The molecular weight excluding hydrogens is 454 g/mol. The Balaban J connectivity index is 1.71. The maximum atomic E-state index is 13.4. The predicted octanol–water partition coefficient (Wildman–Crippen LogP) is 5.31. The van der Waals surface area contributed by atoms with Crippen LogP contribution in [0.1, 0.15) is 63.3 Å². The zero-order valence-corrected chi connectivity index (χ0v) is 20.1. The van der Waals surface area contributed by atoms with Crippen LogP contribution in [0.3, 0.4) is 0 Å². The van der Waals surface area contributed by atoms with Gasteiger partial charge in [-0.1, -0.05) is 43.0 Å². The number of carbonyl (C=O) groups is 1. The smallest absolute Gasteiger partial charge is 0.344 e. The van der Waals surface area contributed by atoms with Crippen molar-refractivity contribution in [2.75, 3.05) is 6.61 Å². The van der Waals surface area contributed by atoms with Crippen LogP contribution in [0, 0.1) is 0 Å². The number of halogens is 1. The normalized spacial score (nSPS) is 14.7. The van der Waals surface area contributed by atoms with Crippen LogP contribution in [0.25, 0.3) is 10.9 Å². The van der Waals surface area contributed by atoms with E-state index in [0.29, 0.717) is 33.1 Å². The van der Waals surface area contributed by atoms with E-state index >= 15 is 0 Å². The Labute approximate surface area is 203 Å². The van der Waals surface area contributed by atoms with Crippen LogP contribution in [0.15, 0.2) is 52.4 Å². The van der Waals surface area contributed by atoms with Gasteiger partial charge in [0.1, 0.15) is 11.6 Å². The number of benzene rings is 2. The first kappa shape index (κ1) is 24.0. The van der Waals surface area contributed by atoms with Crippen LogP contribution in [0.5, 0.6) is 5.75 Å². The van der Waals surface area contributed by atoms with E-state index in [4.69, 9.17) is 26.1 Å². The van der Waals surface area contributed by atoms with Crippen LogP contribution in [-0.2, 0) is 9.53 Å². The van der Waals surface area contributed by atoms with E-state index in [1.165, 1.54) is 17.3 Å². The number of hydrogen-bond acceptors (Lipinski definition) is 6. The molecule has 34 heavy (non-hydrogen) atoms. The zero-order valence-electron chi connectivity index (χ0n) is 19.4. The molecule has 178 valence electrons. The van der Waals surface area contributed by atoms with Crippen molar-refractivity contribution in [1.29, 1.82) is 0 Å². The second kappa shape index (κ2) is 10.8. The van der Waals surface area contributed by atoms with Gasteiger partial charge in [-0.25, -0.2) is 9.78 Å². The highest BCUT2D eigenvalue weighted by atomic mass is 35.5. The summed E-state index contributed by atoms with van der Waals surface area (Å²) in [6, 6.07) is 12.3. The fourth-order valence-corrected chi connectivity index (χ4v) is 4.36. The van der Waals surface area contributed by atoms with Crippen LogP contribution in [0.2, 0.25) is 5.02 Å². The van der Waals surface area contributed by atoms with E-state index in [1.807, 2.05) is 18.2 Å². The number of ether oxygens (including phenoxy) is 2. The number of rotatable bonds is 7. The van der Waals surface area contributed by atoms with Crippen molar-refractivity contribution in [1.82, 2.24) is 9.66 Å². The molecular formula is C26H28ClN3O4. The molecule has 0 atom stereocenters. The lowest BCUT2D eigenvalue weighted by molar-refractivity contribution is -0.149. The highest BCUT2D eigenvalue weighted by Gasteiger charge is 2.22. The Hall–Kier alpha value is -3.19. The standard InChI is InChI=1S/C26H28ClN3O4/c1-17(2)34-24(31)16-33-23-13-12-20(27)14-19(23)15-28-30-25(18-8-4-3-5-9-18)29-22-11-7-6-10-21(22)26(30)32/h6-7,10-15,17-18H,3-5,8-9,16H2,1-2H3. The maximum Gasteiger partial charge on any atom is 0.344 e. The monoisotopic (exact) mass is 481 g/mol. The fourth-order valence-electron chi connectivity index (χ4n) is 4.18. The fraction of sp³-hybridized carbons (Fsp3) is 0.385. The molecule has 1 aromatic heterocycles. The molecule has 1 saturated carbocycles. The van der Waals surface area contributed by atoms with E-state index in [9.17, 15) is 9.59 Å². The molecule has 8 heteroatoms. The van der Waals surface area contributed by atoms with Crippen molar-refractivity contribution in [2.45, 2.75) is 58.0 Å². The number of aromatic nitrogens is 2. The summed E-state index contributed by atoms with van der Waals surface area (Å²) in [6.45, 7) is 3.31. The SMILES string of the molecule is CC(C)OC(=O)COc1ccc(Cl)cc1C=Nn1c(C2CCCCC2)nc2ccccc2c1=O. The summed E-state index contributed by atoms with van der Waals surface area (Å²) in [5, 5.41) is 5.53. The molecule has 4 rings (SSSR count). The lowest BCUT2D eigenvalue weighted by Gasteiger charge is -2.22. The van der Waals surface area contributed by atoms with Crippen molar-refractivity contribution >= 4 is 34.7 Å². The van der Waals surface area contributed by atoms with Crippen LogP contribution in [-0.4, -0.2) is 34.6 Å². The summed E-state index contributed by atoms with van der Waals surface area (Å²) < 4.78 is 12.2. The second-order valence-corrected chi connectivity index (χ2v) is 9.13. The molecule has 2 aromatic carbocycles. The molecule has 0 radical (unpaired) electrons. The molecule has 1 fully saturated rings. The van der Waals surface area contributed by atoms with Gasteiger partial charge in [0.2, 0.25) is 0 Å². The Kier molecular flexibility index (Phi) is 7.63. The molecule has 0 aliphatic heterocycles. The van der Waals surface area contributed by atoms with Gasteiger partial charge in [0.05, 0.1) is 23.2 Å². The van der Waals surface area contributed by atoms with Crippen molar-refractivity contribution in [3.8, 4) is 5.75 Å². The van der Waals surface area contributed by atoms with Gasteiger partial charge < -0.3 is 9.47 Å². The number of esters is 1. The molecule has 7 nitrogen and oxygen atoms in total. The first-order chi connectivity index (χ1) is 16.4. The first-order valence-corrected chi connectivity index (χ1v) is 12.0. The van der Waals surface area contributed by atoms with Gasteiger partial charge in [0.25, 0.3) is 5.56 Å². The van der Waals surface area contributed by atoms with Gasteiger partial charge in [-0.2, -0.15) is 9.78 Å². The van der Waals surface area contributed by atoms with Gasteiger partial charge in [0, 0.05) is 16.5 Å². The molecule has 1 aliphatic carbocycles. The van der Waals surface area contributed by atoms with Gasteiger partial charge in [-0.05, 0) is 57.0 Å². The summed E-state index contributed by atoms with van der Waals surface area (Å²) in [5.41, 5.74) is 1.00. The van der Waals surface area contributed by atoms with Crippen LogP contribution < -0.4 is 10.3 Å². The predicted molar refractivity (Wildman–Crippen MR) is 133 cm³/mol. The van der Waals surface area contributed by atoms with E-state index in [-0.39, 0.29) is 24.2 Å². The third-order valence-corrected chi connectivity index (χ3v) is 5.98. The Morgan fingerprint density at radius 1 is 1.21 bits per heavy atom. The summed E-state index contributed by atoms with van der Waals surface area (Å²) in [5.74, 6) is 0.783. The summed E-state index contributed by atoms with van der Waals surface area (Å²) in [4.78, 5) is 30.1. The molecule has 0 N–H and O–H groups in total.